The largest absolute Gasteiger partial charge is 0.349 e. The Morgan fingerprint density at radius 1 is 1.47 bits per heavy atom. The Morgan fingerprint density at radius 2 is 2.29 bits per heavy atom. The lowest BCUT2D eigenvalue weighted by atomic mass is 10.00. The van der Waals surface area contributed by atoms with Crippen LogP contribution in [0.2, 0.25) is 0 Å². The number of amides is 1. The van der Waals surface area contributed by atoms with Crippen LogP contribution in [0.15, 0.2) is 24.3 Å². The zero-order chi connectivity index (χ0) is 12.3. The van der Waals surface area contributed by atoms with Crippen molar-refractivity contribution in [1.82, 2.24) is 10.6 Å². The third-order valence-corrected chi connectivity index (χ3v) is 3.24. The second kappa shape index (κ2) is 5.32. The fraction of sp³-hybridized carbons (Fsp3) is 0.500. The summed E-state index contributed by atoms with van der Waals surface area (Å²) < 4.78 is 0. The molecule has 0 spiro atoms. The van der Waals surface area contributed by atoms with Crippen molar-refractivity contribution in [2.24, 2.45) is 0 Å². The summed E-state index contributed by atoms with van der Waals surface area (Å²) in [6.07, 6.45) is 2.03. The molecule has 1 heterocycles. The van der Waals surface area contributed by atoms with Gasteiger partial charge in [0, 0.05) is 17.6 Å². The lowest BCUT2D eigenvalue weighted by Crippen LogP contribution is -2.46. The number of hydrogen-bond acceptors (Lipinski definition) is 2. The minimum absolute atomic E-state index is 0.0489. The minimum atomic E-state index is 0.0489. The standard InChI is InChI=1S/C14H20N2O/c1-10-4-3-5-12(8-10)14(17)16-13-6-7-15-11(2)9-13/h3-5,8,11,13,15H,6-7,9H2,1-2H3,(H,16,17). The van der Waals surface area contributed by atoms with Gasteiger partial charge in [-0.1, -0.05) is 17.7 Å². The number of rotatable bonds is 2. The average molecular weight is 232 g/mol. The van der Waals surface area contributed by atoms with Crippen LogP contribution in [-0.2, 0) is 0 Å². The van der Waals surface area contributed by atoms with Crippen LogP contribution in [-0.4, -0.2) is 24.5 Å². The molecule has 0 aromatic heterocycles. The van der Waals surface area contributed by atoms with E-state index < -0.39 is 0 Å². The Kier molecular flexibility index (Phi) is 3.79. The predicted octanol–water partition coefficient (Wildman–Crippen LogP) is 1.87. The van der Waals surface area contributed by atoms with Gasteiger partial charge in [-0.25, -0.2) is 0 Å². The van der Waals surface area contributed by atoms with Crippen LogP contribution in [0.1, 0.15) is 35.7 Å². The van der Waals surface area contributed by atoms with Crippen molar-refractivity contribution in [2.45, 2.75) is 38.8 Å². The van der Waals surface area contributed by atoms with E-state index in [1.54, 1.807) is 0 Å². The first kappa shape index (κ1) is 12.1. The highest BCUT2D eigenvalue weighted by Crippen LogP contribution is 2.10. The second-order valence-electron chi connectivity index (χ2n) is 4.92. The first-order valence-corrected chi connectivity index (χ1v) is 6.26. The van der Waals surface area contributed by atoms with Crippen LogP contribution in [0, 0.1) is 6.92 Å². The molecule has 2 rings (SSSR count). The summed E-state index contributed by atoms with van der Waals surface area (Å²) >= 11 is 0. The Bertz CT molecular complexity index is 403. The average Bonchev–Trinajstić information content (AvgIpc) is 2.29. The summed E-state index contributed by atoms with van der Waals surface area (Å²) in [5.74, 6) is 0.0489. The molecule has 2 atom stereocenters. The van der Waals surface area contributed by atoms with Gasteiger partial charge in [0.25, 0.3) is 5.91 Å². The third kappa shape index (κ3) is 3.30. The number of carbonyl (C=O) groups excluding carboxylic acids is 1. The van der Waals surface area contributed by atoms with Gasteiger partial charge >= 0.3 is 0 Å². The second-order valence-corrected chi connectivity index (χ2v) is 4.92. The molecule has 17 heavy (non-hydrogen) atoms. The topological polar surface area (TPSA) is 41.1 Å². The molecule has 0 radical (unpaired) electrons. The molecule has 92 valence electrons. The zero-order valence-corrected chi connectivity index (χ0v) is 10.5. The van der Waals surface area contributed by atoms with E-state index in [1.165, 1.54) is 0 Å². The molecule has 1 fully saturated rings. The molecule has 3 heteroatoms. The molecule has 1 saturated heterocycles. The molecule has 3 nitrogen and oxygen atoms in total. The van der Waals surface area contributed by atoms with Crippen LogP contribution >= 0.6 is 0 Å². The van der Waals surface area contributed by atoms with E-state index in [2.05, 4.69) is 17.6 Å². The van der Waals surface area contributed by atoms with E-state index in [9.17, 15) is 4.79 Å². The predicted molar refractivity (Wildman–Crippen MR) is 69.1 cm³/mol. The first-order valence-electron chi connectivity index (χ1n) is 6.26. The van der Waals surface area contributed by atoms with E-state index >= 15 is 0 Å². The molecule has 1 aliphatic heterocycles. The van der Waals surface area contributed by atoms with Crippen LogP contribution < -0.4 is 10.6 Å². The number of piperidine rings is 1. The Hall–Kier alpha value is -1.35. The van der Waals surface area contributed by atoms with Gasteiger partial charge in [0.15, 0.2) is 0 Å². The Balaban J connectivity index is 1.97. The molecule has 1 amide bonds. The number of nitrogens with one attached hydrogen (secondary N) is 2. The van der Waals surface area contributed by atoms with Crippen molar-refractivity contribution < 1.29 is 4.79 Å². The monoisotopic (exact) mass is 232 g/mol. The van der Waals surface area contributed by atoms with Crippen molar-refractivity contribution in [3.8, 4) is 0 Å². The van der Waals surface area contributed by atoms with Gasteiger partial charge in [-0.2, -0.15) is 0 Å². The van der Waals surface area contributed by atoms with Crippen molar-refractivity contribution in [3.05, 3.63) is 35.4 Å². The highest BCUT2D eigenvalue weighted by atomic mass is 16.1. The van der Waals surface area contributed by atoms with Crippen molar-refractivity contribution in [2.75, 3.05) is 6.54 Å². The van der Waals surface area contributed by atoms with Gasteiger partial charge in [0.05, 0.1) is 0 Å². The number of benzene rings is 1. The van der Waals surface area contributed by atoms with Gasteiger partial charge in [0.1, 0.15) is 0 Å². The van der Waals surface area contributed by atoms with Gasteiger partial charge in [-0.3, -0.25) is 4.79 Å². The third-order valence-electron chi connectivity index (χ3n) is 3.24. The molecule has 2 unspecified atom stereocenters. The fourth-order valence-corrected chi connectivity index (χ4v) is 2.32. The van der Waals surface area contributed by atoms with Gasteiger partial charge in [-0.15, -0.1) is 0 Å². The molecule has 1 aromatic carbocycles. The van der Waals surface area contributed by atoms with E-state index in [0.29, 0.717) is 12.1 Å². The van der Waals surface area contributed by atoms with Gasteiger partial charge in [0.2, 0.25) is 0 Å². The number of hydrogen-bond donors (Lipinski definition) is 2. The fourth-order valence-electron chi connectivity index (χ4n) is 2.32. The summed E-state index contributed by atoms with van der Waals surface area (Å²) in [5.41, 5.74) is 1.88. The quantitative estimate of drug-likeness (QED) is 0.817. The van der Waals surface area contributed by atoms with Crippen LogP contribution in [0.4, 0.5) is 0 Å². The highest BCUT2D eigenvalue weighted by molar-refractivity contribution is 5.94. The van der Waals surface area contributed by atoms with E-state index in [-0.39, 0.29) is 5.91 Å². The molecule has 1 aliphatic rings. The Labute approximate surface area is 103 Å². The van der Waals surface area contributed by atoms with E-state index in [4.69, 9.17) is 0 Å². The van der Waals surface area contributed by atoms with E-state index in [1.807, 2.05) is 31.2 Å². The van der Waals surface area contributed by atoms with Crippen molar-refractivity contribution in [3.63, 3.8) is 0 Å². The summed E-state index contributed by atoms with van der Waals surface area (Å²) in [5, 5.41) is 6.50. The van der Waals surface area contributed by atoms with Gasteiger partial charge in [-0.05, 0) is 45.4 Å². The summed E-state index contributed by atoms with van der Waals surface area (Å²) in [4.78, 5) is 12.0. The summed E-state index contributed by atoms with van der Waals surface area (Å²) in [7, 11) is 0. The number of aryl methyl sites for hydroxylation is 1. The molecule has 0 aliphatic carbocycles. The van der Waals surface area contributed by atoms with Crippen molar-refractivity contribution >= 4 is 5.91 Å². The normalized spacial score (nSPS) is 24.4. The summed E-state index contributed by atoms with van der Waals surface area (Å²) in [6.45, 7) is 5.15. The molecular weight excluding hydrogens is 212 g/mol. The minimum Gasteiger partial charge on any atom is -0.349 e. The number of carbonyl (C=O) groups is 1. The lowest BCUT2D eigenvalue weighted by molar-refractivity contribution is 0.0925. The molecule has 0 saturated carbocycles. The Morgan fingerprint density at radius 3 is 3.00 bits per heavy atom. The molecule has 1 aromatic rings. The van der Waals surface area contributed by atoms with Crippen LogP contribution in [0.3, 0.4) is 0 Å². The smallest absolute Gasteiger partial charge is 0.251 e. The summed E-state index contributed by atoms with van der Waals surface area (Å²) in [6, 6.07) is 8.52. The maximum Gasteiger partial charge on any atom is 0.251 e. The molecule has 0 bridgehead atoms. The van der Waals surface area contributed by atoms with Crippen molar-refractivity contribution in [1.29, 1.82) is 0 Å². The molecule has 2 N–H and O–H groups in total. The SMILES string of the molecule is Cc1cccc(C(=O)NC2CCNC(C)C2)c1. The highest BCUT2D eigenvalue weighted by Gasteiger charge is 2.20. The lowest BCUT2D eigenvalue weighted by Gasteiger charge is -2.28. The maximum atomic E-state index is 12.0. The van der Waals surface area contributed by atoms with Crippen LogP contribution in [0.5, 0.6) is 0 Å². The zero-order valence-electron chi connectivity index (χ0n) is 10.5. The van der Waals surface area contributed by atoms with Crippen LogP contribution in [0.25, 0.3) is 0 Å². The van der Waals surface area contributed by atoms with Gasteiger partial charge < -0.3 is 10.6 Å². The maximum absolute atomic E-state index is 12.0. The van der Waals surface area contributed by atoms with E-state index in [0.717, 1.165) is 30.5 Å². The molecular formula is C14H20N2O. The first-order chi connectivity index (χ1) is 8.15.